The molecule has 5 aromatic carbocycles. The number of carbonyl (C=O) groups excluding carboxylic acids is 3. The number of esters is 3. The Morgan fingerprint density at radius 3 is 1.40 bits per heavy atom. The quantitative estimate of drug-likeness (QED) is 0.0357. The van der Waals surface area contributed by atoms with Crippen LogP contribution in [0.2, 0.25) is 0 Å². The van der Waals surface area contributed by atoms with E-state index in [0.29, 0.717) is 5.56 Å². The molecule has 12 heteroatoms. The molecule has 0 saturated carbocycles. The molecule has 3 atom stereocenters. The lowest BCUT2D eigenvalue weighted by molar-refractivity contribution is -0.136. The zero-order chi connectivity index (χ0) is 45.2. The van der Waals surface area contributed by atoms with Crippen LogP contribution in [0.25, 0.3) is 21.9 Å². The number of benzene rings is 5. The van der Waals surface area contributed by atoms with Gasteiger partial charge in [-0.25, -0.2) is 14.4 Å². The maximum absolute atomic E-state index is 15.2. The van der Waals surface area contributed by atoms with Gasteiger partial charge in [0.1, 0.15) is 40.4 Å². The van der Waals surface area contributed by atoms with Crippen molar-refractivity contribution in [1.29, 1.82) is 0 Å². The summed E-state index contributed by atoms with van der Waals surface area (Å²) in [5, 5.41) is -0.0256. The third-order valence-electron chi connectivity index (χ3n) is 10.3. The second-order valence-corrected chi connectivity index (χ2v) is 15.9. The summed E-state index contributed by atoms with van der Waals surface area (Å²) in [6.07, 6.45) is 4.51. The number of hydrogen-bond acceptors (Lipinski definition) is 12. The highest BCUT2D eigenvalue weighted by molar-refractivity contribution is 6.00. The number of nitrogens with two attached hydrogens (primary N) is 3. The van der Waals surface area contributed by atoms with Crippen molar-refractivity contribution in [3.63, 3.8) is 0 Å². The second kappa shape index (κ2) is 20.8. The van der Waals surface area contributed by atoms with E-state index < -0.39 is 41.5 Å². The zero-order valence-corrected chi connectivity index (χ0v) is 36.1. The first-order valence-corrected chi connectivity index (χ1v) is 20.7. The Kier molecular flexibility index (Phi) is 15.1. The van der Waals surface area contributed by atoms with E-state index in [2.05, 4.69) is 0 Å². The molecule has 326 valence electrons. The first-order valence-electron chi connectivity index (χ1n) is 20.7. The minimum absolute atomic E-state index is 0.0121. The van der Waals surface area contributed by atoms with Crippen LogP contribution in [0.3, 0.4) is 0 Å². The van der Waals surface area contributed by atoms with E-state index in [1.165, 1.54) is 19.2 Å². The summed E-state index contributed by atoms with van der Waals surface area (Å²) in [7, 11) is 1.40. The van der Waals surface area contributed by atoms with Crippen molar-refractivity contribution in [2.45, 2.75) is 77.9 Å². The normalized spacial score (nSPS) is 12.5. The fourth-order valence-corrected chi connectivity index (χ4v) is 7.09. The van der Waals surface area contributed by atoms with Crippen LogP contribution >= 0.6 is 0 Å². The fourth-order valence-electron chi connectivity index (χ4n) is 7.09. The molecule has 6 aromatic rings. The molecule has 0 aliphatic carbocycles. The van der Waals surface area contributed by atoms with Crippen LogP contribution in [0.4, 0.5) is 0 Å². The van der Waals surface area contributed by atoms with Gasteiger partial charge in [-0.15, -0.1) is 0 Å². The van der Waals surface area contributed by atoms with Gasteiger partial charge in [0.15, 0.2) is 17.2 Å². The summed E-state index contributed by atoms with van der Waals surface area (Å²) in [6.45, 7) is 7.57. The maximum atomic E-state index is 15.2. The monoisotopic (exact) mass is 851 g/mol. The molecule has 0 spiro atoms. The SMILES string of the molecule is COc1c(OC(=O)[C@H](N)Cc2ccccc2)cc2oc3cc(OC(=O)[C@H](N)Cc4ccccc4)c(CC=C(C)C)c(OC(=O)[C@H](N)Cc4ccccc4)c3c(=O)c2c1CC=C(C)C. The minimum Gasteiger partial charge on any atom is -0.493 e. The highest BCUT2D eigenvalue weighted by Gasteiger charge is 2.30. The Labute approximate surface area is 366 Å². The largest absolute Gasteiger partial charge is 0.493 e. The van der Waals surface area contributed by atoms with Crippen LogP contribution in [0, 0.1) is 0 Å². The van der Waals surface area contributed by atoms with E-state index in [1.807, 2.05) is 131 Å². The molecule has 0 unspecified atom stereocenters. The van der Waals surface area contributed by atoms with Crippen molar-refractivity contribution in [1.82, 2.24) is 0 Å². The molecular weight excluding hydrogens is 799 g/mol. The molecule has 12 nitrogen and oxygen atoms in total. The fraction of sp³-hybridized carbons (Fsp3) is 0.255. The van der Waals surface area contributed by atoms with Gasteiger partial charge < -0.3 is 40.6 Å². The first-order chi connectivity index (χ1) is 30.2. The van der Waals surface area contributed by atoms with Crippen LogP contribution in [-0.4, -0.2) is 43.1 Å². The van der Waals surface area contributed by atoms with E-state index in [4.69, 9.17) is 40.6 Å². The summed E-state index contributed by atoms with van der Waals surface area (Å²) in [4.78, 5) is 56.6. The molecular formula is C51H53N3O9. The van der Waals surface area contributed by atoms with Gasteiger partial charge in [0, 0.05) is 23.3 Å². The van der Waals surface area contributed by atoms with Gasteiger partial charge in [0.2, 0.25) is 5.43 Å². The van der Waals surface area contributed by atoms with E-state index in [-0.39, 0.29) is 82.6 Å². The van der Waals surface area contributed by atoms with Gasteiger partial charge in [-0.05, 0) is 76.5 Å². The van der Waals surface area contributed by atoms with Gasteiger partial charge in [-0.1, -0.05) is 114 Å². The Bertz CT molecular complexity index is 2720. The molecule has 63 heavy (non-hydrogen) atoms. The van der Waals surface area contributed by atoms with Crippen molar-refractivity contribution in [2.75, 3.05) is 7.11 Å². The van der Waals surface area contributed by atoms with Crippen LogP contribution in [0.15, 0.2) is 136 Å². The standard InChI is InChI=1S/C51H53N3O9/c1-30(2)21-23-35-40(61-49(56)37(52)25-32-15-9-6-10-16-32)28-42-45(48(35)63-51(58)39(54)27-34-19-13-8-14-20-34)46(55)44-36(24-22-31(3)4)47(59-5)43(29-41(44)60-42)62-50(57)38(53)26-33-17-11-7-12-18-33/h6-22,28-29,37-39H,23-27,52-54H2,1-5H3/t37-,38-,39-/m1/s1. The van der Waals surface area contributed by atoms with Crippen LogP contribution in [0.1, 0.15) is 55.5 Å². The molecule has 0 amide bonds. The lowest BCUT2D eigenvalue weighted by Gasteiger charge is -2.20. The third-order valence-corrected chi connectivity index (χ3v) is 10.3. The Balaban J connectivity index is 1.56. The summed E-state index contributed by atoms with van der Waals surface area (Å²) in [5.41, 5.74) is 23.4. The average molecular weight is 852 g/mol. The number of methoxy groups -OCH3 is 1. The number of hydrogen-bond donors (Lipinski definition) is 3. The van der Waals surface area contributed by atoms with Crippen molar-refractivity contribution >= 4 is 39.8 Å². The molecule has 6 rings (SSSR count). The number of fused-ring (bicyclic) bond motifs is 2. The molecule has 0 radical (unpaired) electrons. The van der Waals surface area contributed by atoms with E-state index in [0.717, 1.165) is 27.8 Å². The number of rotatable bonds is 17. The summed E-state index contributed by atoms with van der Waals surface area (Å²) in [6, 6.07) is 27.3. The molecule has 0 aliphatic heterocycles. The van der Waals surface area contributed by atoms with Crippen LogP contribution in [0.5, 0.6) is 23.0 Å². The number of allylic oxidation sites excluding steroid dienone is 4. The van der Waals surface area contributed by atoms with Gasteiger partial charge >= 0.3 is 17.9 Å². The van der Waals surface area contributed by atoms with E-state index in [9.17, 15) is 14.4 Å². The molecule has 1 aromatic heterocycles. The second-order valence-electron chi connectivity index (χ2n) is 15.9. The summed E-state index contributed by atoms with van der Waals surface area (Å²) in [5.74, 6) is -2.51. The number of ether oxygens (including phenoxy) is 4. The van der Waals surface area contributed by atoms with Crippen molar-refractivity contribution < 1.29 is 37.7 Å². The van der Waals surface area contributed by atoms with Gasteiger partial charge in [0.25, 0.3) is 0 Å². The smallest absolute Gasteiger partial charge is 0.328 e. The van der Waals surface area contributed by atoms with E-state index >= 15 is 4.79 Å². The average Bonchev–Trinajstić information content (AvgIpc) is 3.25. The Morgan fingerprint density at radius 1 is 0.556 bits per heavy atom. The summed E-state index contributed by atoms with van der Waals surface area (Å²) < 4.78 is 30.5. The Hall–Kier alpha value is -6.86. The molecule has 6 N–H and O–H groups in total. The first kappa shape index (κ1) is 45.7. The maximum Gasteiger partial charge on any atom is 0.328 e. The third kappa shape index (κ3) is 11.3. The van der Waals surface area contributed by atoms with Crippen molar-refractivity contribution in [2.24, 2.45) is 17.2 Å². The summed E-state index contributed by atoms with van der Waals surface area (Å²) >= 11 is 0. The predicted molar refractivity (Wildman–Crippen MR) is 244 cm³/mol. The van der Waals surface area contributed by atoms with E-state index in [1.54, 1.807) is 0 Å². The molecule has 0 saturated heterocycles. The topological polar surface area (TPSA) is 196 Å². The molecule has 0 aliphatic rings. The van der Waals surface area contributed by atoms with Crippen LogP contribution in [-0.2, 0) is 46.5 Å². The van der Waals surface area contributed by atoms with Crippen molar-refractivity contribution in [3.8, 4) is 23.0 Å². The van der Waals surface area contributed by atoms with Gasteiger partial charge in [0.05, 0.1) is 12.5 Å². The lowest BCUT2D eigenvalue weighted by atomic mass is 9.98. The highest BCUT2D eigenvalue weighted by Crippen LogP contribution is 2.42. The minimum atomic E-state index is -1.14. The molecule has 0 bridgehead atoms. The van der Waals surface area contributed by atoms with Gasteiger partial charge in [-0.3, -0.25) is 4.79 Å². The lowest BCUT2D eigenvalue weighted by Crippen LogP contribution is -2.37. The zero-order valence-electron chi connectivity index (χ0n) is 36.1. The Morgan fingerprint density at radius 2 is 0.952 bits per heavy atom. The van der Waals surface area contributed by atoms with Crippen molar-refractivity contribution in [3.05, 3.63) is 164 Å². The predicted octanol–water partition coefficient (Wildman–Crippen LogP) is 7.40. The van der Waals surface area contributed by atoms with Gasteiger partial charge in [-0.2, -0.15) is 0 Å². The highest BCUT2D eigenvalue weighted by atomic mass is 16.6. The molecule has 0 fully saturated rings. The van der Waals surface area contributed by atoms with Crippen LogP contribution < -0.4 is 41.6 Å². The number of carbonyl (C=O) groups is 3. The molecule has 1 heterocycles.